The largest absolute Gasteiger partial charge is 3.00 e. The van der Waals surface area contributed by atoms with E-state index in [0.29, 0.717) is 50.3 Å². The van der Waals surface area contributed by atoms with Gasteiger partial charge in [0, 0.05) is 52.2 Å². The molecule has 2 rings (SSSR count). The van der Waals surface area contributed by atoms with Crippen molar-refractivity contribution in [2.75, 3.05) is 45.8 Å². The fraction of sp³-hybridized carbons (Fsp3) is 0.750. The SMILES string of the molecule is CCCCCCCCCCCCCCCC(=O)NCCCC(C(=O)O)N1CCN(CC(=O)O)Cc2cccc(n2)CN(CC(=O)O)CC1.[Gd+3]. The first kappa shape index (κ1) is 45.3. The molecule has 0 saturated heterocycles. The van der Waals surface area contributed by atoms with Crippen LogP contribution < -0.4 is 5.32 Å². The second-order valence-electron chi connectivity index (χ2n) is 13.2. The van der Waals surface area contributed by atoms with Crippen molar-refractivity contribution >= 4 is 23.8 Å². The van der Waals surface area contributed by atoms with Gasteiger partial charge in [-0.15, -0.1) is 0 Å². The van der Waals surface area contributed by atoms with E-state index in [0.717, 1.165) is 19.3 Å². The zero-order valence-electron chi connectivity index (χ0n) is 29.6. The minimum Gasteiger partial charge on any atom is -0.480 e. The van der Waals surface area contributed by atoms with Crippen LogP contribution in [0.1, 0.15) is 121 Å². The molecule has 2 heterocycles. The quantitative estimate of drug-likeness (QED) is 0.104. The topological polar surface area (TPSA) is 164 Å². The number of aliphatic carboxylic acids is 3. The number of amides is 1. The van der Waals surface area contributed by atoms with Gasteiger partial charge >= 0.3 is 57.8 Å². The standard InChI is InChI=1S/C36H61N5O7.Gd/c1-2-3-4-5-6-7-8-9-10-11-12-13-14-20-33(42)37-21-16-19-32(36(47)48)41-24-22-39(28-34(43)44)26-30-17-15-18-31(38-30)27-40(23-25-41)29-35(45)46;/h15,17-18,32H,2-14,16,19-29H2,1H3,(H,37,42)(H,43,44)(H,45,46)(H,47,48);/q;+3. The van der Waals surface area contributed by atoms with Crippen LogP contribution in [0.5, 0.6) is 0 Å². The maximum Gasteiger partial charge on any atom is 3.00 e. The van der Waals surface area contributed by atoms with Gasteiger partial charge in [0.15, 0.2) is 0 Å². The maximum absolute atomic E-state index is 12.4. The predicted molar refractivity (Wildman–Crippen MR) is 186 cm³/mol. The minimum absolute atomic E-state index is 0. The van der Waals surface area contributed by atoms with Crippen LogP contribution in [0.4, 0.5) is 0 Å². The van der Waals surface area contributed by atoms with E-state index in [1.165, 1.54) is 64.2 Å². The number of unbranched alkanes of at least 4 members (excludes halogenated alkanes) is 12. The number of carboxylic acids is 3. The molecule has 0 aliphatic carbocycles. The Balaban J connectivity index is 0.0000120. The number of nitrogens with zero attached hydrogens (tertiary/aromatic N) is 4. The van der Waals surface area contributed by atoms with Gasteiger partial charge < -0.3 is 20.6 Å². The number of hydrogen-bond donors (Lipinski definition) is 4. The molecule has 1 radical (unpaired) electrons. The summed E-state index contributed by atoms with van der Waals surface area (Å²) in [4.78, 5) is 57.9. The van der Waals surface area contributed by atoms with Crippen LogP contribution in [0, 0.1) is 39.9 Å². The molecular formula is C36H61GdN5O7+3. The number of carboxylic acid groups (broad SMARTS) is 3. The summed E-state index contributed by atoms with van der Waals surface area (Å²) in [6.45, 7) is 3.93. The molecule has 1 aliphatic heterocycles. The summed E-state index contributed by atoms with van der Waals surface area (Å²) in [6, 6.07) is 4.57. The Labute approximate surface area is 325 Å². The second-order valence-corrected chi connectivity index (χ2v) is 13.2. The van der Waals surface area contributed by atoms with Crippen LogP contribution in [0.2, 0.25) is 0 Å². The first-order valence-electron chi connectivity index (χ1n) is 18.2. The molecule has 0 fully saturated rings. The zero-order chi connectivity index (χ0) is 35.0. The summed E-state index contributed by atoms with van der Waals surface area (Å²) >= 11 is 0. The number of fused-ring (bicyclic) bond motifs is 2. The van der Waals surface area contributed by atoms with E-state index in [9.17, 15) is 34.5 Å². The van der Waals surface area contributed by atoms with Gasteiger partial charge in [-0.05, 0) is 31.4 Å². The third kappa shape index (κ3) is 21.9. The van der Waals surface area contributed by atoms with E-state index in [2.05, 4.69) is 17.2 Å². The molecule has 1 amide bonds. The van der Waals surface area contributed by atoms with Crippen molar-refractivity contribution in [2.45, 2.75) is 129 Å². The second kappa shape index (κ2) is 27.9. The molecule has 1 aromatic rings. The van der Waals surface area contributed by atoms with E-state index in [4.69, 9.17) is 0 Å². The van der Waals surface area contributed by atoms with Crippen molar-refractivity contribution in [1.82, 2.24) is 25.0 Å². The van der Waals surface area contributed by atoms with E-state index in [1.807, 2.05) is 6.07 Å². The van der Waals surface area contributed by atoms with E-state index < -0.39 is 23.9 Å². The van der Waals surface area contributed by atoms with Crippen LogP contribution in [0.15, 0.2) is 18.2 Å². The number of carbonyl (C=O) groups excluding carboxylic acids is 1. The van der Waals surface area contributed by atoms with Crippen molar-refractivity contribution in [3.05, 3.63) is 29.6 Å². The molecule has 1 aliphatic rings. The molecule has 13 heteroatoms. The van der Waals surface area contributed by atoms with Crippen LogP contribution in [-0.2, 0) is 32.3 Å². The molecule has 1 unspecified atom stereocenters. The Bertz CT molecular complexity index is 1050. The molecule has 4 N–H and O–H groups in total. The third-order valence-corrected chi connectivity index (χ3v) is 8.97. The Hall–Kier alpha value is -1.77. The Kier molecular flexibility index (Phi) is 25.8. The monoisotopic (exact) mass is 833 g/mol. The molecule has 1 atom stereocenters. The van der Waals surface area contributed by atoms with E-state index >= 15 is 0 Å². The van der Waals surface area contributed by atoms with Crippen molar-refractivity contribution in [3.63, 3.8) is 0 Å². The molecule has 49 heavy (non-hydrogen) atoms. The predicted octanol–water partition coefficient (Wildman–Crippen LogP) is 5.00. The van der Waals surface area contributed by atoms with Crippen molar-refractivity contribution in [2.24, 2.45) is 0 Å². The molecule has 1 aromatic heterocycles. The molecule has 0 saturated carbocycles. The van der Waals surface area contributed by atoms with E-state index in [-0.39, 0.29) is 85.1 Å². The summed E-state index contributed by atoms with van der Waals surface area (Å²) < 4.78 is 0. The van der Waals surface area contributed by atoms with E-state index in [1.54, 1.807) is 26.8 Å². The first-order valence-corrected chi connectivity index (χ1v) is 18.2. The van der Waals surface area contributed by atoms with Gasteiger partial charge in [-0.25, -0.2) is 0 Å². The maximum atomic E-state index is 12.4. The molecular weight excluding hydrogens is 772 g/mol. The summed E-state index contributed by atoms with van der Waals surface area (Å²) in [5.41, 5.74) is 1.33. The number of hydrogen-bond acceptors (Lipinski definition) is 8. The fourth-order valence-electron chi connectivity index (χ4n) is 6.31. The molecule has 0 aromatic carbocycles. The average Bonchev–Trinajstić information content (AvgIpc) is 3.02. The molecule has 2 bridgehead atoms. The number of pyridine rings is 1. The third-order valence-electron chi connectivity index (χ3n) is 8.97. The van der Waals surface area contributed by atoms with Gasteiger partial charge in [0.25, 0.3) is 0 Å². The summed E-state index contributed by atoms with van der Waals surface area (Å²) in [7, 11) is 0. The Morgan fingerprint density at radius 2 is 1.18 bits per heavy atom. The number of aromatic nitrogens is 1. The molecule has 0 spiro atoms. The molecule has 12 nitrogen and oxygen atoms in total. The van der Waals surface area contributed by atoms with Crippen LogP contribution in [-0.4, -0.2) is 111 Å². The smallest absolute Gasteiger partial charge is 0.480 e. The van der Waals surface area contributed by atoms with Crippen LogP contribution >= 0.6 is 0 Å². The van der Waals surface area contributed by atoms with Gasteiger partial charge in [-0.2, -0.15) is 0 Å². The van der Waals surface area contributed by atoms with Crippen molar-refractivity contribution < 1.29 is 74.4 Å². The zero-order valence-corrected chi connectivity index (χ0v) is 31.9. The minimum atomic E-state index is -0.998. The normalized spacial score (nSPS) is 15.4. The summed E-state index contributed by atoms with van der Waals surface area (Å²) in [5.74, 6) is -2.98. The van der Waals surface area contributed by atoms with Crippen LogP contribution in [0.25, 0.3) is 0 Å². The van der Waals surface area contributed by atoms with Gasteiger partial charge in [0.05, 0.1) is 24.5 Å². The van der Waals surface area contributed by atoms with Crippen molar-refractivity contribution in [1.29, 1.82) is 0 Å². The van der Waals surface area contributed by atoms with Crippen molar-refractivity contribution in [3.8, 4) is 0 Å². The van der Waals surface area contributed by atoms with Gasteiger partial charge in [0.2, 0.25) is 5.91 Å². The number of rotatable bonds is 24. The first-order chi connectivity index (χ1) is 23.2. The summed E-state index contributed by atoms with van der Waals surface area (Å²) in [6.07, 6.45) is 17.5. The Morgan fingerprint density at radius 1 is 0.714 bits per heavy atom. The average molecular weight is 833 g/mol. The van der Waals surface area contributed by atoms with Gasteiger partial charge in [0.1, 0.15) is 6.04 Å². The van der Waals surface area contributed by atoms with Gasteiger partial charge in [-0.1, -0.05) is 90.0 Å². The number of carbonyl (C=O) groups is 4. The number of nitrogens with one attached hydrogen (secondary N) is 1. The van der Waals surface area contributed by atoms with Crippen LogP contribution in [0.3, 0.4) is 0 Å². The Morgan fingerprint density at radius 3 is 1.63 bits per heavy atom. The fourth-order valence-corrected chi connectivity index (χ4v) is 6.31. The van der Waals surface area contributed by atoms with Gasteiger partial charge in [-0.3, -0.25) is 38.9 Å². The summed E-state index contributed by atoms with van der Waals surface area (Å²) in [5, 5.41) is 32.1. The molecule has 277 valence electrons.